The number of hydrogen-bond acceptors (Lipinski definition) is 3. The average molecular weight is 157 g/mol. The van der Waals surface area contributed by atoms with Gasteiger partial charge >= 0.3 is 0 Å². The molecule has 2 atom stereocenters. The van der Waals surface area contributed by atoms with Crippen LogP contribution in [0.3, 0.4) is 0 Å². The van der Waals surface area contributed by atoms with Crippen molar-refractivity contribution in [2.24, 2.45) is 22.7 Å². The third-order valence-electron chi connectivity index (χ3n) is 2.24. The Kier molecular flexibility index (Phi) is 4.11. The molecular weight excluding hydrogens is 138 g/mol. The normalized spacial score (nSPS) is 16.2. The van der Waals surface area contributed by atoms with Crippen molar-refractivity contribution in [3.8, 4) is 0 Å². The van der Waals surface area contributed by atoms with Crippen LogP contribution in [0, 0.1) is 11.8 Å². The summed E-state index contributed by atoms with van der Waals surface area (Å²) in [6.07, 6.45) is -0.0208. The molecule has 0 aromatic carbocycles. The van der Waals surface area contributed by atoms with Crippen LogP contribution in [0.1, 0.15) is 20.8 Å². The Morgan fingerprint density at radius 1 is 1.36 bits per heavy atom. The van der Waals surface area contributed by atoms with Gasteiger partial charge < -0.3 is 5.73 Å². The van der Waals surface area contributed by atoms with Crippen molar-refractivity contribution in [2.45, 2.75) is 26.9 Å². The van der Waals surface area contributed by atoms with Gasteiger partial charge in [0.2, 0.25) is 0 Å². The Morgan fingerprint density at radius 3 is 2.09 bits per heavy atom. The molecule has 66 valence electrons. The molecule has 0 aliphatic rings. The second kappa shape index (κ2) is 4.34. The molecule has 11 heavy (non-hydrogen) atoms. The molecule has 0 aromatic heterocycles. The zero-order valence-electron chi connectivity index (χ0n) is 7.91. The molecule has 3 nitrogen and oxygen atoms in total. The minimum Gasteiger partial charge on any atom is -0.310 e. The van der Waals surface area contributed by atoms with Crippen molar-refractivity contribution in [3.63, 3.8) is 0 Å². The lowest BCUT2D eigenvalue weighted by Crippen LogP contribution is -2.42. The van der Waals surface area contributed by atoms with E-state index in [4.69, 9.17) is 5.73 Å². The van der Waals surface area contributed by atoms with Crippen LogP contribution in [0.25, 0.3) is 0 Å². The van der Waals surface area contributed by atoms with E-state index in [1.54, 1.807) is 5.01 Å². The van der Waals surface area contributed by atoms with Crippen LogP contribution in [0.5, 0.6) is 0 Å². The van der Waals surface area contributed by atoms with E-state index in [2.05, 4.69) is 32.6 Å². The van der Waals surface area contributed by atoms with Crippen molar-refractivity contribution in [1.29, 1.82) is 0 Å². The number of nitrogens with zero attached hydrogens (tertiary/aromatic N) is 2. The molecule has 3 heteroatoms. The fourth-order valence-corrected chi connectivity index (χ4v) is 0.829. The Bertz CT molecular complexity index is 123. The highest BCUT2D eigenvalue weighted by atomic mass is 15.5. The SMILES string of the molecule is C=NN(C)C(N)C(C)C(C)C. The third-order valence-corrected chi connectivity index (χ3v) is 2.24. The Hall–Kier alpha value is -0.570. The monoisotopic (exact) mass is 157 g/mol. The zero-order chi connectivity index (χ0) is 9.02. The van der Waals surface area contributed by atoms with E-state index < -0.39 is 0 Å². The van der Waals surface area contributed by atoms with Gasteiger partial charge in [-0.05, 0) is 11.8 Å². The fraction of sp³-hybridized carbons (Fsp3) is 0.875. The molecule has 0 saturated carbocycles. The number of rotatable bonds is 4. The van der Waals surface area contributed by atoms with E-state index in [1.807, 2.05) is 7.05 Å². The van der Waals surface area contributed by atoms with Gasteiger partial charge in [-0.1, -0.05) is 20.8 Å². The van der Waals surface area contributed by atoms with E-state index in [0.29, 0.717) is 11.8 Å². The molecule has 2 unspecified atom stereocenters. The first-order valence-corrected chi connectivity index (χ1v) is 3.95. The predicted molar refractivity (Wildman–Crippen MR) is 49.3 cm³/mol. The quantitative estimate of drug-likeness (QED) is 0.377. The van der Waals surface area contributed by atoms with Gasteiger partial charge in [0.25, 0.3) is 0 Å². The number of hydrogen-bond donors (Lipinski definition) is 1. The molecule has 0 radical (unpaired) electrons. The molecule has 0 amide bonds. The van der Waals surface area contributed by atoms with Crippen LogP contribution in [-0.2, 0) is 0 Å². The summed E-state index contributed by atoms with van der Waals surface area (Å²) in [6, 6.07) is 0. The molecule has 0 saturated heterocycles. The highest BCUT2D eigenvalue weighted by molar-refractivity contribution is 5.22. The second-order valence-electron chi connectivity index (χ2n) is 3.31. The summed E-state index contributed by atoms with van der Waals surface area (Å²) in [4.78, 5) is 0. The molecule has 2 N–H and O–H groups in total. The van der Waals surface area contributed by atoms with Crippen LogP contribution in [0.4, 0.5) is 0 Å². The van der Waals surface area contributed by atoms with Crippen molar-refractivity contribution in [2.75, 3.05) is 7.05 Å². The van der Waals surface area contributed by atoms with E-state index in [1.165, 1.54) is 0 Å². The zero-order valence-corrected chi connectivity index (χ0v) is 7.91. The third kappa shape index (κ3) is 2.89. The molecule has 0 fully saturated rings. The van der Waals surface area contributed by atoms with Crippen LogP contribution in [-0.4, -0.2) is 24.9 Å². The smallest absolute Gasteiger partial charge is 0.0964 e. The maximum absolute atomic E-state index is 5.86. The predicted octanol–water partition coefficient (Wildman–Crippen LogP) is 1.11. The summed E-state index contributed by atoms with van der Waals surface area (Å²) >= 11 is 0. The fourth-order valence-electron chi connectivity index (χ4n) is 0.829. The average Bonchev–Trinajstić information content (AvgIpc) is 2.00. The maximum atomic E-state index is 5.86. The second-order valence-corrected chi connectivity index (χ2v) is 3.31. The lowest BCUT2D eigenvalue weighted by molar-refractivity contribution is 0.165. The van der Waals surface area contributed by atoms with E-state index in [0.717, 1.165) is 0 Å². The lowest BCUT2D eigenvalue weighted by Gasteiger charge is -2.29. The molecule has 0 spiro atoms. The van der Waals surface area contributed by atoms with Gasteiger partial charge in [0.05, 0.1) is 6.17 Å². The number of nitrogens with two attached hydrogens (primary N) is 1. The van der Waals surface area contributed by atoms with E-state index in [9.17, 15) is 0 Å². The van der Waals surface area contributed by atoms with Crippen molar-refractivity contribution in [1.82, 2.24) is 5.01 Å². The van der Waals surface area contributed by atoms with Gasteiger partial charge in [-0.15, -0.1) is 0 Å². The highest BCUT2D eigenvalue weighted by Crippen LogP contribution is 2.14. The van der Waals surface area contributed by atoms with Gasteiger partial charge in [-0.2, -0.15) is 5.10 Å². The standard InChI is InChI=1S/C8H19N3/c1-6(2)7(3)8(9)11(5)10-4/h6-8H,4,9H2,1-3,5H3. The summed E-state index contributed by atoms with van der Waals surface area (Å²) in [7, 11) is 1.84. The summed E-state index contributed by atoms with van der Waals surface area (Å²) in [5, 5.41) is 5.45. The first kappa shape index (κ1) is 10.4. The number of hydrazone groups is 1. The largest absolute Gasteiger partial charge is 0.310 e. The summed E-state index contributed by atoms with van der Waals surface area (Å²) < 4.78 is 0. The minimum absolute atomic E-state index is 0.0208. The highest BCUT2D eigenvalue weighted by Gasteiger charge is 2.18. The molecule has 0 aromatic rings. The van der Waals surface area contributed by atoms with Crippen LogP contribution >= 0.6 is 0 Å². The van der Waals surface area contributed by atoms with E-state index >= 15 is 0 Å². The Morgan fingerprint density at radius 2 is 1.82 bits per heavy atom. The Balaban J connectivity index is 4.00. The maximum Gasteiger partial charge on any atom is 0.0964 e. The summed E-state index contributed by atoms with van der Waals surface area (Å²) in [5.74, 6) is 1.01. The van der Waals surface area contributed by atoms with Crippen molar-refractivity contribution < 1.29 is 0 Å². The topological polar surface area (TPSA) is 41.6 Å². The van der Waals surface area contributed by atoms with Crippen LogP contribution < -0.4 is 5.73 Å². The van der Waals surface area contributed by atoms with Crippen molar-refractivity contribution >= 4 is 6.72 Å². The lowest BCUT2D eigenvalue weighted by atomic mass is 9.95. The van der Waals surface area contributed by atoms with Crippen molar-refractivity contribution in [3.05, 3.63) is 0 Å². The van der Waals surface area contributed by atoms with Gasteiger partial charge in [-0.25, -0.2) is 0 Å². The van der Waals surface area contributed by atoms with Gasteiger partial charge in [0.15, 0.2) is 0 Å². The first-order valence-electron chi connectivity index (χ1n) is 3.95. The summed E-state index contributed by atoms with van der Waals surface area (Å²) in [6.45, 7) is 9.85. The molecular formula is C8H19N3. The molecule has 0 aliphatic heterocycles. The first-order chi connectivity index (χ1) is 5.00. The molecule has 0 aliphatic carbocycles. The molecule has 0 rings (SSSR count). The molecule has 0 heterocycles. The van der Waals surface area contributed by atoms with Gasteiger partial charge in [-0.3, -0.25) is 5.01 Å². The summed E-state index contributed by atoms with van der Waals surface area (Å²) in [5.41, 5.74) is 5.86. The minimum atomic E-state index is -0.0208. The Labute approximate surface area is 69.3 Å². The van der Waals surface area contributed by atoms with E-state index in [-0.39, 0.29) is 6.17 Å². The molecule has 0 bridgehead atoms. The van der Waals surface area contributed by atoms with Crippen LogP contribution in [0.2, 0.25) is 0 Å². The van der Waals surface area contributed by atoms with Crippen LogP contribution in [0.15, 0.2) is 5.10 Å². The van der Waals surface area contributed by atoms with Gasteiger partial charge in [0, 0.05) is 13.8 Å². The van der Waals surface area contributed by atoms with Gasteiger partial charge in [0.1, 0.15) is 0 Å².